The summed E-state index contributed by atoms with van der Waals surface area (Å²) < 4.78 is 31.1. The molecule has 34 heavy (non-hydrogen) atoms. The fourth-order valence-electron chi connectivity index (χ4n) is 4.57. The number of fused-ring (bicyclic) bond motifs is 3. The molecule has 3 aliphatic heterocycles. The second kappa shape index (κ2) is 8.28. The third-order valence-electron chi connectivity index (χ3n) is 6.45. The van der Waals surface area contributed by atoms with Crippen LogP contribution in [0.4, 0.5) is 13.6 Å². The van der Waals surface area contributed by atoms with Gasteiger partial charge in [-0.25, -0.2) is 18.6 Å². The number of aromatic nitrogens is 4. The van der Waals surface area contributed by atoms with E-state index in [2.05, 4.69) is 28.8 Å². The predicted octanol–water partition coefficient (Wildman–Crippen LogP) is 3.27. The Bertz CT molecular complexity index is 1420. The summed E-state index contributed by atoms with van der Waals surface area (Å²) in [5, 5.41) is 4.57. The van der Waals surface area contributed by atoms with Gasteiger partial charge in [-0.1, -0.05) is 6.07 Å². The van der Waals surface area contributed by atoms with Crippen molar-refractivity contribution >= 4 is 16.9 Å². The molecule has 0 bridgehead atoms. The second-order valence-electron chi connectivity index (χ2n) is 8.73. The lowest BCUT2D eigenvalue weighted by molar-refractivity contribution is 0.120. The van der Waals surface area contributed by atoms with Crippen LogP contribution < -0.4 is 5.56 Å². The van der Waals surface area contributed by atoms with Crippen LogP contribution in [0, 0.1) is 18.6 Å². The molecule has 0 aliphatic carbocycles. The average Bonchev–Trinajstić information content (AvgIpc) is 3.18. The van der Waals surface area contributed by atoms with Gasteiger partial charge in [-0.05, 0) is 39.0 Å². The Morgan fingerprint density at radius 1 is 1.06 bits per heavy atom. The number of pyridine rings is 2. The van der Waals surface area contributed by atoms with Gasteiger partial charge in [-0.2, -0.15) is 9.78 Å². The van der Waals surface area contributed by atoms with E-state index in [1.807, 2.05) is 0 Å². The molecular formula is C24H24F2N6O2. The average molecular weight is 466 g/mol. The standard InChI is InChI=1S/C24H24F2N6O2/c1-14(2)29-8-10-30(11-9-29)24(34)31-15(3)21-22(16-12-17(25)18(26)13-19(16)31)28-32(23(21)33)20-6-4-5-7-27-20/h4-7,12-14H,8-11H2,1-3H3. The number of amides is 1. The largest absolute Gasteiger partial charge is 0.328 e. The number of hydrogen-bond donors (Lipinski definition) is 0. The highest BCUT2D eigenvalue weighted by atomic mass is 19.2. The van der Waals surface area contributed by atoms with Crippen LogP contribution >= 0.6 is 0 Å². The molecular weight excluding hydrogens is 442 g/mol. The minimum atomic E-state index is -1.08. The van der Waals surface area contributed by atoms with E-state index in [0.29, 0.717) is 43.7 Å². The highest BCUT2D eigenvalue weighted by Gasteiger charge is 2.31. The van der Waals surface area contributed by atoms with Crippen molar-refractivity contribution in [2.45, 2.75) is 26.8 Å². The van der Waals surface area contributed by atoms with Gasteiger partial charge in [0.25, 0.3) is 5.56 Å². The van der Waals surface area contributed by atoms with Gasteiger partial charge in [-0.15, -0.1) is 0 Å². The third kappa shape index (κ3) is 3.45. The second-order valence-corrected chi connectivity index (χ2v) is 8.73. The van der Waals surface area contributed by atoms with Crippen molar-refractivity contribution in [2.75, 3.05) is 26.2 Å². The Morgan fingerprint density at radius 2 is 1.76 bits per heavy atom. The summed E-state index contributed by atoms with van der Waals surface area (Å²) in [6.45, 7) is 8.22. The summed E-state index contributed by atoms with van der Waals surface area (Å²) in [5.74, 6) is -1.87. The van der Waals surface area contributed by atoms with E-state index < -0.39 is 17.2 Å². The van der Waals surface area contributed by atoms with Crippen molar-refractivity contribution in [1.29, 1.82) is 0 Å². The van der Waals surface area contributed by atoms with Crippen LogP contribution in [0.25, 0.3) is 28.0 Å². The van der Waals surface area contributed by atoms with E-state index in [1.165, 1.54) is 10.8 Å². The molecule has 1 saturated heterocycles. The lowest BCUT2D eigenvalue weighted by Gasteiger charge is -2.37. The van der Waals surface area contributed by atoms with Crippen molar-refractivity contribution in [3.05, 3.63) is 64.2 Å². The zero-order valence-electron chi connectivity index (χ0n) is 19.1. The van der Waals surface area contributed by atoms with E-state index in [-0.39, 0.29) is 28.2 Å². The molecule has 0 spiro atoms. The highest BCUT2D eigenvalue weighted by Crippen LogP contribution is 2.33. The van der Waals surface area contributed by atoms with Gasteiger partial charge in [0, 0.05) is 55.6 Å². The highest BCUT2D eigenvalue weighted by molar-refractivity contribution is 6.00. The van der Waals surface area contributed by atoms with Gasteiger partial charge in [0.2, 0.25) is 0 Å². The van der Waals surface area contributed by atoms with Crippen LogP contribution in [0.3, 0.4) is 0 Å². The topological polar surface area (TPSA) is 76.3 Å². The normalized spacial score (nSPS) is 15.1. The number of nitrogens with zero attached hydrogens (tertiary/aromatic N) is 6. The first-order valence-corrected chi connectivity index (χ1v) is 11.2. The molecule has 0 unspecified atom stereocenters. The molecule has 1 aromatic heterocycles. The van der Waals surface area contributed by atoms with Crippen molar-refractivity contribution in [3.63, 3.8) is 0 Å². The lowest BCUT2D eigenvalue weighted by atomic mass is 10.0. The molecule has 4 heterocycles. The van der Waals surface area contributed by atoms with Crippen molar-refractivity contribution in [2.24, 2.45) is 0 Å². The fourth-order valence-corrected chi connectivity index (χ4v) is 4.57. The predicted molar refractivity (Wildman–Crippen MR) is 123 cm³/mol. The monoisotopic (exact) mass is 466 g/mol. The third-order valence-corrected chi connectivity index (χ3v) is 6.45. The van der Waals surface area contributed by atoms with Crippen LogP contribution in [0.5, 0.6) is 0 Å². The Hall–Kier alpha value is -3.66. The maximum Gasteiger partial charge on any atom is 0.328 e. The summed E-state index contributed by atoms with van der Waals surface area (Å²) in [5.41, 5.74) is 0.348. The smallest absolute Gasteiger partial charge is 0.321 e. The van der Waals surface area contributed by atoms with Crippen molar-refractivity contribution < 1.29 is 13.6 Å². The van der Waals surface area contributed by atoms with Gasteiger partial charge in [0.15, 0.2) is 17.5 Å². The number of rotatable bonds is 2. The van der Waals surface area contributed by atoms with Crippen LogP contribution in [0.15, 0.2) is 41.3 Å². The molecule has 0 radical (unpaired) electrons. The summed E-state index contributed by atoms with van der Waals surface area (Å²) in [6, 6.07) is 7.01. The molecule has 0 atom stereocenters. The first kappa shape index (κ1) is 22.1. The molecule has 3 aliphatic rings. The van der Waals surface area contributed by atoms with E-state index in [1.54, 1.807) is 30.0 Å². The number of piperazine rings is 1. The maximum absolute atomic E-state index is 14.3. The van der Waals surface area contributed by atoms with E-state index in [0.717, 1.165) is 16.8 Å². The number of hydrogen-bond acceptors (Lipinski definition) is 5. The number of carbonyl (C=O) groups excluding carboxylic acids is 1. The maximum atomic E-state index is 14.3. The summed E-state index contributed by atoms with van der Waals surface area (Å²) in [4.78, 5) is 35.1. The number of benzene rings is 1. The van der Waals surface area contributed by atoms with Crippen LogP contribution in [0.2, 0.25) is 0 Å². The minimum absolute atomic E-state index is 0.158. The van der Waals surface area contributed by atoms with Gasteiger partial charge < -0.3 is 4.90 Å². The van der Waals surface area contributed by atoms with Gasteiger partial charge in [-0.3, -0.25) is 14.3 Å². The number of halogens is 2. The van der Waals surface area contributed by atoms with Crippen molar-refractivity contribution in [3.8, 4) is 17.1 Å². The molecule has 0 N–H and O–H groups in total. The molecule has 176 valence electrons. The van der Waals surface area contributed by atoms with Crippen LogP contribution in [-0.2, 0) is 0 Å². The van der Waals surface area contributed by atoms with E-state index in [4.69, 9.17) is 0 Å². The van der Waals surface area contributed by atoms with Gasteiger partial charge >= 0.3 is 6.03 Å². The summed E-state index contributed by atoms with van der Waals surface area (Å²) >= 11 is 0. The first-order chi connectivity index (χ1) is 16.3. The zero-order chi connectivity index (χ0) is 24.1. The Morgan fingerprint density at radius 3 is 2.41 bits per heavy atom. The fraction of sp³-hybridized carbons (Fsp3) is 0.333. The Labute approximate surface area is 194 Å². The Balaban J connectivity index is 1.73. The molecule has 2 aromatic rings. The van der Waals surface area contributed by atoms with E-state index in [9.17, 15) is 18.4 Å². The molecule has 1 amide bonds. The molecule has 1 fully saturated rings. The molecule has 1 aromatic carbocycles. The van der Waals surface area contributed by atoms with Crippen LogP contribution in [0.1, 0.15) is 19.5 Å². The molecule has 10 heteroatoms. The quantitative estimate of drug-likeness (QED) is 0.453. The van der Waals surface area contributed by atoms with Gasteiger partial charge in [0.05, 0.1) is 11.1 Å². The molecule has 8 nitrogen and oxygen atoms in total. The summed E-state index contributed by atoms with van der Waals surface area (Å²) in [7, 11) is 0. The zero-order valence-corrected chi connectivity index (χ0v) is 19.1. The van der Waals surface area contributed by atoms with Crippen LogP contribution in [-0.4, -0.2) is 67.4 Å². The number of carbonyl (C=O) groups is 1. The van der Waals surface area contributed by atoms with Crippen molar-refractivity contribution in [1.82, 2.24) is 29.1 Å². The minimum Gasteiger partial charge on any atom is -0.321 e. The molecule has 0 saturated carbocycles. The summed E-state index contributed by atoms with van der Waals surface area (Å²) in [6.07, 6.45) is 1.53. The lowest BCUT2D eigenvalue weighted by Crippen LogP contribution is -2.52. The molecule has 5 rings (SSSR count). The van der Waals surface area contributed by atoms with Gasteiger partial charge in [0.1, 0.15) is 5.69 Å². The SMILES string of the molecule is Cc1c2c(=O)n(-c3ccccn3)nc-2c2cc(F)c(F)cc2n1C(=O)N1CCN(C(C)C)CC1. The Kier molecular flexibility index (Phi) is 5.40. The van der Waals surface area contributed by atoms with E-state index >= 15 is 0 Å². The first-order valence-electron chi connectivity index (χ1n) is 11.2.